The second-order valence-corrected chi connectivity index (χ2v) is 4.52. The van der Waals surface area contributed by atoms with E-state index in [1.165, 1.54) is 6.33 Å². The molecule has 0 atom stereocenters. The molecule has 0 aliphatic carbocycles. The Hall–Kier alpha value is -1.07. The summed E-state index contributed by atoms with van der Waals surface area (Å²) in [7, 11) is 0. The molecule has 0 fully saturated rings. The third-order valence-electron chi connectivity index (χ3n) is 2.19. The molecule has 6 heteroatoms. The normalized spacial score (nSPS) is 10.8. The number of halogens is 1. The Morgan fingerprint density at radius 3 is 2.88 bits per heavy atom. The lowest BCUT2D eigenvalue weighted by atomic mass is 10.1. The van der Waals surface area contributed by atoms with Crippen LogP contribution in [0.3, 0.4) is 0 Å². The maximum atomic E-state index is 5.92. The van der Waals surface area contributed by atoms with Gasteiger partial charge in [0.05, 0.1) is 6.61 Å². The standard InChI is InChI=1S/C11H19ClN4O/c1-8(2)3-5-17-6-4-14-11-9(12)10(13)15-7-16-11/h7-8H,3-6H2,1-2H3,(H3,13,14,15,16). The molecule has 1 heterocycles. The van der Waals surface area contributed by atoms with E-state index >= 15 is 0 Å². The van der Waals surface area contributed by atoms with Crippen molar-refractivity contribution in [2.75, 3.05) is 30.8 Å². The van der Waals surface area contributed by atoms with E-state index in [0.717, 1.165) is 13.0 Å². The molecule has 0 spiro atoms. The Balaban J connectivity index is 2.20. The second kappa shape index (κ2) is 7.29. The van der Waals surface area contributed by atoms with Crippen LogP contribution in [0.15, 0.2) is 6.33 Å². The Kier molecular flexibility index (Phi) is 6.00. The first-order chi connectivity index (χ1) is 8.11. The van der Waals surface area contributed by atoms with E-state index in [0.29, 0.717) is 29.9 Å². The van der Waals surface area contributed by atoms with Crippen molar-refractivity contribution in [1.82, 2.24) is 9.97 Å². The summed E-state index contributed by atoms with van der Waals surface area (Å²) in [6.07, 6.45) is 2.45. The lowest BCUT2D eigenvalue weighted by molar-refractivity contribution is 0.132. The zero-order valence-corrected chi connectivity index (χ0v) is 11.0. The highest BCUT2D eigenvalue weighted by Crippen LogP contribution is 2.22. The first kappa shape index (κ1) is 14.0. The van der Waals surface area contributed by atoms with Gasteiger partial charge in [0.15, 0.2) is 5.82 Å². The van der Waals surface area contributed by atoms with Crippen molar-refractivity contribution in [3.05, 3.63) is 11.3 Å². The summed E-state index contributed by atoms with van der Waals surface area (Å²) in [6, 6.07) is 0. The maximum Gasteiger partial charge on any atom is 0.150 e. The van der Waals surface area contributed by atoms with Gasteiger partial charge in [-0.05, 0) is 12.3 Å². The quantitative estimate of drug-likeness (QED) is 0.734. The molecular formula is C11H19ClN4O. The summed E-state index contributed by atoms with van der Waals surface area (Å²) in [5.74, 6) is 1.50. The third-order valence-corrected chi connectivity index (χ3v) is 2.57. The fourth-order valence-corrected chi connectivity index (χ4v) is 1.33. The van der Waals surface area contributed by atoms with Crippen molar-refractivity contribution in [3.8, 4) is 0 Å². The van der Waals surface area contributed by atoms with Gasteiger partial charge >= 0.3 is 0 Å². The number of rotatable bonds is 7. The highest BCUT2D eigenvalue weighted by atomic mass is 35.5. The SMILES string of the molecule is CC(C)CCOCCNc1ncnc(N)c1Cl. The molecule has 5 nitrogen and oxygen atoms in total. The van der Waals surface area contributed by atoms with Crippen molar-refractivity contribution in [1.29, 1.82) is 0 Å². The van der Waals surface area contributed by atoms with Gasteiger partial charge in [0.25, 0.3) is 0 Å². The first-order valence-electron chi connectivity index (χ1n) is 5.69. The predicted octanol–water partition coefficient (Wildman–Crippen LogP) is 2.19. The molecule has 1 aromatic heterocycles. The van der Waals surface area contributed by atoms with E-state index in [9.17, 15) is 0 Å². The zero-order valence-electron chi connectivity index (χ0n) is 10.2. The molecule has 0 unspecified atom stereocenters. The molecule has 0 aliphatic heterocycles. The number of aromatic nitrogens is 2. The van der Waals surface area contributed by atoms with Crippen LogP contribution >= 0.6 is 11.6 Å². The molecular weight excluding hydrogens is 240 g/mol. The Morgan fingerprint density at radius 2 is 2.18 bits per heavy atom. The van der Waals surface area contributed by atoms with Gasteiger partial charge in [-0.15, -0.1) is 0 Å². The number of anilines is 2. The van der Waals surface area contributed by atoms with Gasteiger partial charge in [-0.25, -0.2) is 9.97 Å². The molecule has 1 aromatic rings. The lowest BCUT2D eigenvalue weighted by Gasteiger charge is -2.09. The molecule has 0 aliphatic rings. The van der Waals surface area contributed by atoms with Crippen LogP contribution in [0.4, 0.5) is 11.6 Å². The minimum atomic E-state index is 0.282. The van der Waals surface area contributed by atoms with Crippen molar-refractivity contribution >= 4 is 23.2 Å². The Bertz CT molecular complexity index is 346. The van der Waals surface area contributed by atoms with E-state index in [2.05, 4.69) is 29.1 Å². The van der Waals surface area contributed by atoms with Gasteiger partial charge in [-0.2, -0.15) is 0 Å². The average molecular weight is 259 g/mol. The van der Waals surface area contributed by atoms with Crippen LogP contribution < -0.4 is 11.1 Å². The summed E-state index contributed by atoms with van der Waals surface area (Å²) in [5, 5.41) is 3.41. The highest BCUT2D eigenvalue weighted by molar-refractivity contribution is 6.35. The van der Waals surface area contributed by atoms with Gasteiger partial charge in [0.2, 0.25) is 0 Å². The van der Waals surface area contributed by atoms with E-state index in [-0.39, 0.29) is 5.82 Å². The molecule has 0 amide bonds. The molecule has 17 heavy (non-hydrogen) atoms. The maximum absolute atomic E-state index is 5.92. The highest BCUT2D eigenvalue weighted by Gasteiger charge is 2.04. The molecule has 3 N–H and O–H groups in total. The van der Waals surface area contributed by atoms with E-state index in [1.807, 2.05) is 0 Å². The van der Waals surface area contributed by atoms with Crippen LogP contribution in [0.1, 0.15) is 20.3 Å². The lowest BCUT2D eigenvalue weighted by Crippen LogP contribution is -2.12. The minimum Gasteiger partial charge on any atom is -0.382 e. The van der Waals surface area contributed by atoms with E-state index in [1.54, 1.807) is 0 Å². The van der Waals surface area contributed by atoms with Crippen molar-refractivity contribution in [2.24, 2.45) is 5.92 Å². The van der Waals surface area contributed by atoms with Crippen LogP contribution in [0.25, 0.3) is 0 Å². The number of nitrogen functional groups attached to an aromatic ring is 1. The molecule has 0 bridgehead atoms. The smallest absolute Gasteiger partial charge is 0.150 e. The number of nitrogens with zero attached hydrogens (tertiary/aromatic N) is 2. The number of ether oxygens (including phenoxy) is 1. The van der Waals surface area contributed by atoms with Crippen LogP contribution in [0, 0.1) is 5.92 Å². The van der Waals surface area contributed by atoms with Crippen LogP contribution in [-0.4, -0.2) is 29.7 Å². The summed E-state index contributed by atoms with van der Waals surface area (Å²) < 4.78 is 5.46. The summed E-state index contributed by atoms with van der Waals surface area (Å²) >= 11 is 5.92. The monoisotopic (exact) mass is 258 g/mol. The molecule has 0 saturated heterocycles. The van der Waals surface area contributed by atoms with E-state index in [4.69, 9.17) is 22.1 Å². The topological polar surface area (TPSA) is 73.1 Å². The van der Waals surface area contributed by atoms with Gasteiger partial charge in [-0.3, -0.25) is 0 Å². The van der Waals surface area contributed by atoms with Gasteiger partial charge in [-0.1, -0.05) is 25.4 Å². The Labute approximate surface area is 107 Å². The number of hydrogen-bond donors (Lipinski definition) is 2. The van der Waals surface area contributed by atoms with Crippen LogP contribution in [0.5, 0.6) is 0 Å². The fraction of sp³-hybridized carbons (Fsp3) is 0.636. The average Bonchev–Trinajstić information content (AvgIpc) is 2.28. The second-order valence-electron chi connectivity index (χ2n) is 4.14. The Morgan fingerprint density at radius 1 is 1.41 bits per heavy atom. The summed E-state index contributed by atoms with van der Waals surface area (Å²) in [4.78, 5) is 7.78. The van der Waals surface area contributed by atoms with Crippen molar-refractivity contribution in [3.63, 3.8) is 0 Å². The summed E-state index contributed by atoms with van der Waals surface area (Å²) in [6.45, 7) is 6.39. The molecule has 1 rings (SSSR count). The first-order valence-corrected chi connectivity index (χ1v) is 6.06. The molecule has 0 saturated carbocycles. The molecule has 96 valence electrons. The van der Waals surface area contributed by atoms with Gasteiger partial charge < -0.3 is 15.8 Å². The fourth-order valence-electron chi connectivity index (χ4n) is 1.17. The van der Waals surface area contributed by atoms with Crippen LogP contribution in [0.2, 0.25) is 5.02 Å². The van der Waals surface area contributed by atoms with E-state index < -0.39 is 0 Å². The van der Waals surface area contributed by atoms with Crippen molar-refractivity contribution in [2.45, 2.75) is 20.3 Å². The number of nitrogens with two attached hydrogens (primary N) is 1. The number of nitrogens with one attached hydrogen (secondary N) is 1. The third kappa shape index (κ3) is 5.19. The van der Waals surface area contributed by atoms with Crippen LogP contribution in [-0.2, 0) is 4.74 Å². The van der Waals surface area contributed by atoms with Gasteiger partial charge in [0, 0.05) is 13.2 Å². The predicted molar refractivity (Wildman–Crippen MR) is 70.2 cm³/mol. The van der Waals surface area contributed by atoms with Crippen molar-refractivity contribution < 1.29 is 4.74 Å². The number of hydrogen-bond acceptors (Lipinski definition) is 5. The molecule has 0 radical (unpaired) electrons. The minimum absolute atomic E-state index is 0.282. The largest absolute Gasteiger partial charge is 0.382 e. The zero-order chi connectivity index (χ0) is 12.7. The summed E-state index contributed by atoms with van der Waals surface area (Å²) in [5.41, 5.74) is 5.55. The molecule has 0 aromatic carbocycles. The van der Waals surface area contributed by atoms with Gasteiger partial charge in [0.1, 0.15) is 17.2 Å².